The number of amides is 1. The molecule has 1 amide bonds. The topological polar surface area (TPSA) is 89.2 Å². The summed E-state index contributed by atoms with van der Waals surface area (Å²) in [6.45, 7) is 2.21. The highest BCUT2D eigenvalue weighted by atomic mass is 16.7. The maximum Gasteiger partial charge on any atom is 0.296 e. The molecule has 1 atom stereocenters. The Kier molecular flexibility index (Phi) is 4.51. The van der Waals surface area contributed by atoms with Gasteiger partial charge in [-0.05, 0) is 36.8 Å². The van der Waals surface area contributed by atoms with Crippen LogP contribution in [0.5, 0.6) is 11.5 Å². The lowest BCUT2D eigenvalue weighted by Crippen LogP contribution is -2.29. The van der Waals surface area contributed by atoms with Crippen molar-refractivity contribution in [3.8, 4) is 11.5 Å². The lowest BCUT2D eigenvalue weighted by molar-refractivity contribution is -0.140. The van der Waals surface area contributed by atoms with E-state index in [0.29, 0.717) is 22.8 Å². The maximum atomic E-state index is 13.0. The highest BCUT2D eigenvalue weighted by Crippen LogP contribution is 2.41. The molecule has 31 heavy (non-hydrogen) atoms. The van der Waals surface area contributed by atoms with Crippen LogP contribution in [-0.2, 0) is 16.1 Å². The Balaban J connectivity index is 1.58. The molecule has 2 aromatic carbocycles. The molecular formula is C24H19NO6. The standard InChI is InChI=1S/C24H19NO6/c1-14-4-7-16(8-5-14)22(26)20-21(18-3-2-10-29-18)25(24(28)23(20)27)12-15-6-9-17-19(11-15)31-13-30-17/h2-11,21,26H,12-13H2,1H3/b22-20-. The second-order valence-electron chi connectivity index (χ2n) is 7.50. The Morgan fingerprint density at radius 3 is 2.58 bits per heavy atom. The van der Waals surface area contributed by atoms with Crippen molar-refractivity contribution in [3.05, 3.63) is 88.9 Å². The van der Waals surface area contributed by atoms with Crippen LogP contribution in [-0.4, -0.2) is 28.5 Å². The van der Waals surface area contributed by atoms with Crippen LogP contribution in [0.25, 0.3) is 5.76 Å². The molecule has 2 aliphatic heterocycles. The SMILES string of the molecule is Cc1ccc(/C(O)=C2/C(=O)C(=O)N(Cc3ccc4c(c3)OCO4)C2c2ccco2)cc1. The number of hydrogen-bond donors (Lipinski definition) is 1. The smallest absolute Gasteiger partial charge is 0.296 e. The van der Waals surface area contributed by atoms with Gasteiger partial charge in [-0.3, -0.25) is 9.59 Å². The number of carbonyl (C=O) groups is 2. The van der Waals surface area contributed by atoms with Gasteiger partial charge in [0.15, 0.2) is 11.5 Å². The van der Waals surface area contributed by atoms with E-state index in [9.17, 15) is 14.7 Å². The Morgan fingerprint density at radius 2 is 1.84 bits per heavy atom. The molecule has 5 rings (SSSR count). The zero-order valence-electron chi connectivity index (χ0n) is 16.7. The maximum absolute atomic E-state index is 13.0. The van der Waals surface area contributed by atoms with E-state index in [1.165, 1.54) is 11.2 Å². The molecule has 3 aromatic rings. The van der Waals surface area contributed by atoms with Crippen molar-refractivity contribution in [1.29, 1.82) is 0 Å². The summed E-state index contributed by atoms with van der Waals surface area (Å²) in [7, 11) is 0. The van der Waals surface area contributed by atoms with Crippen molar-refractivity contribution in [2.75, 3.05) is 6.79 Å². The number of rotatable bonds is 4. The predicted octanol–water partition coefficient (Wildman–Crippen LogP) is 3.94. The third kappa shape index (κ3) is 3.24. The van der Waals surface area contributed by atoms with E-state index in [4.69, 9.17) is 13.9 Å². The number of aliphatic hydroxyl groups is 1. The minimum Gasteiger partial charge on any atom is -0.507 e. The molecule has 1 aromatic heterocycles. The summed E-state index contributed by atoms with van der Waals surface area (Å²) in [5, 5.41) is 11.0. The average molecular weight is 417 g/mol. The van der Waals surface area contributed by atoms with Crippen LogP contribution in [0.4, 0.5) is 0 Å². The first-order chi connectivity index (χ1) is 15.0. The summed E-state index contributed by atoms with van der Waals surface area (Å²) in [5.74, 6) is -0.0643. The molecule has 1 saturated heterocycles. The molecule has 0 saturated carbocycles. The summed E-state index contributed by atoms with van der Waals surface area (Å²) in [4.78, 5) is 27.4. The van der Waals surface area contributed by atoms with Gasteiger partial charge >= 0.3 is 0 Å². The van der Waals surface area contributed by atoms with E-state index in [1.54, 1.807) is 36.4 Å². The molecule has 0 radical (unpaired) electrons. The monoisotopic (exact) mass is 417 g/mol. The summed E-state index contributed by atoms with van der Waals surface area (Å²) >= 11 is 0. The van der Waals surface area contributed by atoms with Crippen molar-refractivity contribution in [2.24, 2.45) is 0 Å². The molecule has 1 fully saturated rings. The van der Waals surface area contributed by atoms with Crippen LogP contribution in [0.2, 0.25) is 0 Å². The molecule has 1 unspecified atom stereocenters. The molecule has 7 nitrogen and oxygen atoms in total. The van der Waals surface area contributed by atoms with Gasteiger partial charge in [0.05, 0.1) is 11.8 Å². The van der Waals surface area contributed by atoms with Crippen molar-refractivity contribution >= 4 is 17.4 Å². The fourth-order valence-corrected chi connectivity index (χ4v) is 3.89. The van der Waals surface area contributed by atoms with Gasteiger partial charge in [-0.1, -0.05) is 35.9 Å². The van der Waals surface area contributed by atoms with Crippen molar-refractivity contribution < 1.29 is 28.6 Å². The molecule has 3 heterocycles. The van der Waals surface area contributed by atoms with Crippen LogP contribution < -0.4 is 9.47 Å². The van der Waals surface area contributed by atoms with Crippen LogP contribution in [0.15, 0.2) is 70.9 Å². The van der Waals surface area contributed by atoms with Crippen molar-refractivity contribution in [2.45, 2.75) is 19.5 Å². The second kappa shape index (κ2) is 7.36. The van der Waals surface area contributed by atoms with Gasteiger partial charge in [-0.25, -0.2) is 0 Å². The highest BCUT2D eigenvalue weighted by Gasteiger charge is 2.47. The normalized spacial score (nSPS) is 19.3. The number of aryl methyl sites for hydroxylation is 1. The molecule has 0 aliphatic carbocycles. The van der Waals surface area contributed by atoms with Gasteiger partial charge in [0.1, 0.15) is 17.6 Å². The molecule has 0 spiro atoms. The Labute approximate surface area is 178 Å². The summed E-state index contributed by atoms with van der Waals surface area (Å²) in [5.41, 5.74) is 2.24. The molecule has 1 N–H and O–H groups in total. The highest BCUT2D eigenvalue weighted by molar-refractivity contribution is 6.46. The number of likely N-dealkylation sites (tertiary alicyclic amines) is 1. The lowest BCUT2D eigenvalue weighted by atomic mass is 9.98. The van der Waals surface area contributed by atoms with E-state index < -0.39 is 17.7 Å². The average Bonchev–Trinajstić information content (AvgIpc) is 3.50. The van der Waals surface area contributed by atoms with Crippen LogP contribution in [0, 0.1) is 6.92 Å². The number of Topliss-reactive ketones (excluding diaryl/α,β-unsaturated/α-hetero) is 1. The fraction of sp³-hybridized carbons (Fsp3) is 0.167. The number of nitrogens with zero attached hydrogens (tertiary/aromatic N) is 1. The lowest BCUT2D eigenvalue weighted by Gasteiger charge is -2.23. The molecular weight excluding hydrogens is 398 g/mol. The number of ether oxygens (including phenoxy) is 2. The number of fused-ring (bicyclic) bond motifs is 1. The predicted molar refractivity (Wildman–Crippen MR) is 110 cm³/mol. The largest absolute Gasteiger partial charge is 0.507 e. The van der Waals surface area contributed by atoms with Crippen molar-refractivity contribution in [1.82, 2.24) is 4.90 Å². The van der Waals surface area contributed by atoms with Crippen LogP contribution in [0.1, 0.15) is 28.5 Å². The van der Waals surface area contributed by atoms with Gasteiger partial charge in [0.25, 0.3) is 11.7 Å². The number of aliphatic hydroxyl groups excluding tert-OH is 1. The molecule has 7 heteroatoms. The van der Waals surface area contributed by atoms with Crippen LogP contribution in [0.3, 0.4) is 0 Å². The summed E-state index contributed by atoms with van der Waals surface area (Å²) in [6.07, 6.45) is 1.47. The van der Waals surface area contributed by atoms with E-state index >= 15 is 0 Å². The first-order valence-electron chi connectivity index (χ1n) is 9.80. The third-order valence-corrected chi connectivity index (χ3v) is 5.47. The molecule has 156 valence electrons. The zero-order valence-corrected chi connectivity index (χ0v) is 16.7. The Hall–Kier alpha value is -4.00. The van der Waals surface area contributed by atoms with Crippen molar-refractivity contribution in [3.63, 3.8) is 0 Å². The number of furan rings is 1. The van der Waals surface area contributed by atoms with E-state index in [1.807, 2.05) is 25.1 Å². The molecule has 0 bridgehead atoms. The number of carbonyl (C=O) groups excluding carboxylic acids is 2. The fourth-order valence-electron chi connectivity index (χ4n) is 3.89. The first-order valence-corrected chi connectivity index (χ1v) is 9.80. The zero-order chi connectivity index (χ0) is 21.5. The number of ketones is 1. The van der Waals surface area contributed by atoms with Gasteiger partial charge < -0.3 is 23.9 Å². The van der Waals surface area contributed by atoms with E-state index in [2.05, 4.69) is 0 Å². The second-order valence-corrected chi connectivity index (χ2v) is 7.50. The minimum atomic E-state index is -0.846. The van der Waals surface area contributed by atoms with E-state index in [0.717, 1.165) is 11.1 Å². The van der Waals surface area contributed by atoms with E-state index in [-0.39, 0.29) is 24.7 Å². The van der Waals surface area contributed by atoms with Gasteiger partial charge in [0.2, 0.25) is 6.79 Å². The van der Waals surface area contributed by atoms with Gasteiger partial charge in [-0.15, -0.1) is 0 Å². The minimum absolute atomic E-state index is 0.00421. The number of hydrogen-bond acceptors (Lipinski definition) is 6. The number of benzene rings is 2. The Morgan fingerprint density at radius 1 is 1.06 bits per heavy atom. The summed E-state index contributed by atoms with van der Waals surface area (Å²) < 4.78 is 16.3. The Bertz CT molecular complexity index is 1190. The van der Waals surface area contributed by atoms with Gasteiger partial charge in [0, 0.05) is 12.1 Å². The third-order valence-electron chi connectivity index (χ3n) is 5.47. The first kappa shape index (κ1) is 19.0. The van der Waals surface area contributed by atoms with Gasteiger partial charge in [-0.2, -0.15) is 0 Å². The quantitative estimate of drug-likeness (QED) is 0.393. The molecule has 2 aliphatic rings. The van der Waals surface area contributed by atoms with Crippen LogP contribution >= 0.6 is 0 Å². The summed E-state index contributed by atoms with van der Waals surface area (Å²) in [6, 6.07) is 15.0.